The predicted octanol–water partition coefficient (Wildman–Crippen LogP) is 3.59. The molecule has 2 aromatic heterocycles. The van der Waals surface area contributed by atoms with E-state index in [1.54, 1.807) is 10.9 Å². The Kier molecular flexibility index (Phi) is 4.63. The monoisotopic (exact) mass is 399 g/mol. The summed E-state index contributed by atoms with van der Waals surface area (Å²) in [6, 6.07) is 19.6. The van der Waals surface area contributed by atoms with Crippen LogP contribution < -0.4 is 0 Å². The Labute approximate surface area is 174 Å². The maximum atomic E-state index is 13.4. The molecule has 0 bridgehead atoms. The lowest BCUT2D eigenvalue weighted by atomic mass is 9.89. The van der Waals surface area contributed by atoms with Crippen LogP contribution in [0, 0.1) is 6.92 Å². The normalized spacial score (nSPS) is 18.6. The summed E-state index contributed by atoms with van der Waals surface area (Å²) >= 11 is 0. The molecule has 4 aromatic rings. The largest absolute Gasteiger partial charge is 0.339 e. The van der Waals surface area contributed by atoms with Gasteiger partial charge in [-0.2, -0.15) is 10.1 Å². The predicted molar refractivity (Wildman–Crippen MR) is 110 cm³/mol. The molecule has 0 aliphatic carbocycles. The molecule has 1 amide bonds. The average Bonchev–Trinajstić information content (AvgIpc) is 3.54. The van der Waals surface area contributed by atoms with Crippen LogP contribution in [0.15, 0.2) is 77.6 Å². The van der Waals surface area contributed by atoms with Crippen LogP contribution in [0.4, 0.5) is 0 Å². The third-order valence-electron chi connectivity index (χ3n) is 5.56. The second kappa shape index (κ2) is 7.59. The van der Waals surface area contributed by atoms with Gasteiger partial charge in [-0.25, -0.2) is 4.68 Å². The lowest BCUT2D eigenvalue weighted by Gasteiger charge is -2.17. The van der Waals surface area contributed by atoms with E-state index in [9.17, 15) is 4.79 Å². The van der Waals surface area contributed by atoms with Crippen LogP contribution in [0.5, 0.6) is 0 Å². The minimum Gasteiger partial charge on any atom is -0.339 e. The Morgan fingerprint density at radius 2 is 1.87 bits per heavy atom. The fourth-order valence-corrected chi connectivity index (χ4v) is 4.11. The Balaban J connectivity index is 1.45. The fourth-order valence-electron chi connectivity index (χ4n) is 4.11. The smallest absolute Gasteiger partial charge is 0.253 e. The van der Waals surface area contributed by atoms with Crippen molar-refractivity contribution in [3.8, 4) is 5.69 Å². The van der Waals surface area contributed by atoms with Crippen LogP contribution in [0.3, 0.4) is 0 Å². The minimum atomic E-state index is -0.0353. The fraction of sp³-hybridized carbons (Fsp3) is 0.217. The first kappa shape index (κ1) is 18.3. The SMILES string of the molecule is Cc1noc([C@@H]2CN(C(=O)c3cccc(-n4cccn4)c3)C[C@@H]2c2ccccc2)n1. The summed E-state index contributed by atoms with van der Waals surface area (Å²) in [6.07, 6.45) is 3.58. The first-order valence-electron chi connectivity index (χ1n) is 9.93. The summed E-state index contributed by atoms with van der Waals surface area (Å²) in [4.78, 5) is 19.7. The molecule has 0 spiro atoms. The first-order chi connectivity index (χ1) is 14.7. The Hall–Kier alpha value is -3.74. The van der Waals surface area contributed by atoms with Gasteiger partial charge in [0.1, 0.15) is 0 Å². The van der Waals surface area contributed by atoms with Crippen molar-refractivity contribution in [2.45, 2.75) is 18.8 Å². The summed E-state index contributed by atoms with van der Waals surface area (Å²) < 4.78 is 7.24. The van der Waals surface area contributed by atoms with Gasteiger partial charge in [-0.05, 0) is 36.8 Å². The molecule has 7 heteroatoms. The molecule has 0 radical (unpaired) electrons. The van der Waals surface area contributed by atoms with E-state index in [1.165, 1.54) is 5.56 Å². The zero-order valence-electron chi connectivity index (χ0n) is 16.5. The van der Waals surface area contributed by atoms with E-state index in [-0.39, 0.29) is 17.7 Å². The number of aryl methyl sites for hydroxylation is 1. The van der Waals surface area contributed by atoms with Crippen molar-refractivity contribution in [2.75, 3.05) is 13.1 Å². The summed E-state index contributed by atoms with van der Waals surface area (Å²) in [5.74, 6) is 1.25. The maximum Gasteiger partial charge on any atom is 0.253 e. The molecular formula is C23H21N5O2. The van der Waals surface area contributed by atoms with Crippen molar-refractivity contribution < 1.29 is 9.32 Å². The van der Waals surface area contributed by atoms with E-state index < -0.39 is 0 Å². The number of carbonyl (C=O) groups excluding carboxylic acids is 1. The molecule has 1 aliphatic heterocycles. The molecule has 2 atom stereocenters. The van der Waals surface area contributed by atoms with Crippen LogP contribution in [-0.2, 0) is 0 Å². The van der Waals surface area contributed by atoms with Crippen LogP contribution in [0.25, 0.3) is 5.69 Å². The number of hydrogen-bond donors (Lipinski definition) is 0. The third-order valence-corrected chi connectivity index (χ3v) is 5.56. The Morgan fingerprint density at radius 3 is 2.60 bits per heavy atom. The molecule has 150 valence electrons. The highest BCUT2D eigenvalue weighted by atomic mass is 16.5. The van der Waals surface area contributed by atoms with Crippen LogP contribution in [-0.4, -0.2) is 43.8 Å². The van der Waals surface area contributed by atoms with Crippen molar-refractivity contribution in [3.05, 3.63) is 95.9 Å². The molecule has 0 unspecified atom stereocenters. The van der Waals surface area contributed by atoms with E-state index in [0.29, 0.717) is 30.4 Å². The number of benzene rings is 2. The van der Waals surface area contributed by atoms with Crippen LogP contribution >= 0.6 is 0 Å². The van der Waals surface area contributed by atoms with Crippen LogP contribution in [0.2, 0.25) is 0 Å². The van der Waals surface area contributed by atoms with E-state index in [0.717, 1.165) is 5.69 Å². The highest BCUT2D eigenvalue weighted by Gasteiger charge is 2.40. The van der Waals surface area contributed by atoms with Gasteiger partial charge in [0, 0.05) is 37.0 Å². The molecule has 0 N–H and O–H groups in total. The van der Waals surface area contributed by atoms with Crippen molar-refractivity contribution >= 4 is 5.91 Å². The standard InChI is InChI=1S/C23H21N5O2/c1-16-25-22(30-26-16)21-15-27(14-20(21)17-7-3-2-4-8-17)23(29)18-9-5-10-19(13-18)28-12-6-11-24-28/h2-13,20-21H,14-15H2,1H3/t20-,21-/m1/s1. The van der Waals surface area contributed by atoms with Crippen LogP contribution in [0.1, 0.15) is 39.5 Å². The van der Waals surface area contributed by atoms with Gasteiger partial charge in [0.05, 0.1) is 11.6 Å². The molecule has 1 saturated heterocycles. The number of aromatic nitrogens is 4. The first-order valence-corrected chi connectivity index (χ1v) is 9.93. The summed E-state index contributed by atoms with van der Waals surface area (Å²) in [6.45, 7) is 2.94. The molecule has 7 nitrogen and oxygen atoms in total. The molecule has 1 fully saturated rings. The lowest BCUT2D eigenvalue weighted by Crippen LogP contribution is -2.29. The summed E-state index contributed by atoms with van der Waals surface area (Å²) in [5.41, 5.74) is 2.66. The third kappa shape index (κ3) is 3.39. The molecule has 5 rings (SSSR count). The number of rotatable bonds is 4. The topological polar surface area (TPSA) is 77.0 Å². The van der Waals surface area contributed by atoms with Gasteiger partial charge in [0.2, 0.25) is 5.89 Å². The van der Waals surface area contributed by atoms with E-state index in [4.69, 9.17) is 4.52 Å². The van der Waals surface area contributed by atoms with Crippen molar-refractivity contribution in [1.29, 1.82) is 0 Å². The van der Waals surface area contributed by atoms with E-state index >= 15 is 0 Å². The second-order valence-electron chi connectivity index (χ2n) is 7.51. The number of likely N-dealkylation sites (tertiary alicyclic amines) is 1. The van der Waals surface area contributed by atoms with Crippen molar-refractivity contribution in [1.82, 2.24) is 24.8 Å². The highest BCUT2D eigenvalue weighted by Crippen LogP contribution is 2.39. The minimum absolute atomic E-state index is 0.0105. The molecule has 1 aliphatic rings. The molecular weight excluding hydrogens is 378 g/mol. The number of carbonyl (C=O) groups is 1. The second-order valence-corrected chi connectivity index (χ2v) is 7.51. The highest BCUT2D eigenvalue weighted by molar-refractivity contribution is 5.95. The van der Waals surface area contributed by atoms with Gasteiger partial charge in [-0.3, -0.25) is 4.79 Å². The van der Waals surface area contributed by atoms with Crippen molar-refractivity contribution in [2.24, 2.45) is 0 Å². The summed E-state index contributed by atoms with van der Waals surface area (Å²) in [5, 5.41) is 8.21. The van der Waals surface area contributed by atoms with E-state index in [1.807, 2.05) is 66.6 Å². The van der Waals surface area contributed by atoms with Gasteiger partial charge in [-0.1, -0.05) is 41.6 Å². The van der Waals surface area contributed by atoms with Gasteiger partial charge in [0.15, 0.2) is 5.82 Å². The Morgan fingerprint density at radius 1 is 1.03 bits per heavy atom. The van der Waals surface area contributed by atoms with Gasteiger partial charge < -0.3 is 9.42 Å². The quantitative estimate of drug-likeness (QED) is 0.524. The molecule has 0 saturated carbocycles. The maximum absolute atomic E-state index is 13.4. The number of nitrogens with zero attached hydrogens (tertiary/aromatic N) is 5. The number of amides is 1. The van der Waals surface area contributed by atoms with Gasteiger partial charge >= 0.3 is 0 Å². The van der Waals surface area contributed by atoms with Crippen molar-refractivity contribution in [3.63, 3.8) is 0 Å². The zero-order chi connectivity index (χ0) is 20.5. The number of hydrogen-bond acceptors (Lipinski definition) is 5. The molecule has 30 heavy (non-hydrogen) atoms. The molecule has 3 heterocycles. The van der Waals surface area contributed by atoms with Gasteiger partial charge in [-0.15, -0.1) is 0 Å². The Bertz CT molecular complexity index is 1150. The molecule has 2 aromatic carbocycles. The lowest BCUT2D eigenvalue weighted by molar-refractivity contribution is 0.0788. The van der Waals surface area contributed by atoms with Gasteiger partial charge in [0.25, 0.3) is 5.91 Å². The summed E-state index contributed by atoms with van der Waals surface area (Å²) in [7, 11) is 0. The van der Waals surface area contributed by atoms with E-state index in [2.05, 4.69) is 27.4 Å². The average molecular weight is 399 g/mol. The zero-order valence-corrected chi connectivity index (χ0v) is 16.5.